The maximum Gasteiger partial charge on any atom is 0.331 e. The maximum absolute atomic E-state index is 11.8. The Kier molecular flexibility index (Phi) is 5.91. The molecule has 0 aliphatic carbocycles. The fraction of sp³-hybridized carbons (Fsp3) is 0.211. The quantitative estimate of drug-likeness (QED) is 0.434. The fourth-order valence-corrected chi connectivity index (χ4v) is 2.92. The lowest BCUT2D eigenvalue weighted by Gasteiger charge is -2.15. The van der Waals surface area contributed by atoms with E-state index in [4.69, 9.17) is 27.9 Å². The summed E-state index contributed by atoms with van der Waals surface area (Å²) in [4.78, 5) is 29.4. The molecule has 1 aromatic carbocycles. The van der Waals surface area contributed by atoms with Gasteiger partial charge in [0.2, 0.25) is 5.91 Å². The highest BCUT2D eigenvalue weighted by molar-refractivity contribution is 6.32. The van der Waals surface area contributed by atoms with E-state index in [0.717, 1.165) is 24.2 Å². The van der Waals surface area contributed by atoms with Crippen molar-refractivity contribution in [1.29, 1.82) is 0 Å². The van der Waals surface area contributed by atoms with Crippen LogP contribution < -0.4 is 4.90 Å². The molecule has 0 N–H and O–H groups in total. The molecule has 0 atom stereocenters. The number of anilines is 1. The van der Waals surface area contributed by atoms with Crippen LogP contribution in [0.2, 0.25) is 10.2 Å². The summed E-state index contributed by atoms with van der Waals surface area (Å²) in [5.41, 5.74) is 2.10. The second-order valence-electron chi connectivity index (χ2n) is 5.74. The van der Waals surface area contributed by atoms with Gasteiger partial charge in [0.1, 0.15) is 11.8 Å². The summed E-state index contributed by atoms with van der Waals surface area (Å²) >= 11 is 11.8. The molecule has 26 heavy (non-hydrogen) atoms. The number of hydrogen-bond donors (Lipinski definition) is 0. The highest BCUT2D eigenvalue weighted by Gasteiger charge is 2.21. The SMILES string of the molecule is O=C(/C=C/c1ccc(N2CCCC2=O)cc1)OCc1nc(Cl)ccc1Cl. The van der Waals surface area contributed by atoms with Crippen molar-refractivity contribution in [2.75, 3.05) is 11.4 Å². The van der Waals surface area contributed by atoms with E-state index in [1.54, 1.807) is 23.1 Å². The van der Waals surface area contributed by atoms with Gasteiger partial charge in [0, 0.05) is 24.7 Å². The van der Waals surface area contributed by atoms with Crippen LogP contribution in [-0.2, 0) is 20.9 Å². The standard InChI is InChI=1S/C19H16Cl2N2O3/c20-15-8-9-17(21)22-16(15)12-26-19(25)10-5-13-3-6-14(7-4-13)23-11-1-2-18(23)24/h3-10H,1-2,11-12H2/b10-5+. The Hall–Kier alpha value is -2.37. The lowest BCUT2D eigenvalue weighted by Crippen LogP contribution is -2.23. The molecule has 134 valence electrons. The van der Waals surface area contributed by atoms with Gasteiger partial charge in [0.05, 0.1) is 10.7 Å². The number of carbonyl (C=O) groups is 2. The summed E-state index contributed by atoms with van der Waals surface area (Å²) < 4.78 is 5.12. The summed E-state index contributed by atoms with van der Waals surface area (Å²) in [5, 5.41) is 0.672. The van der Waals surface area contributed by atoms with Gasteiger partial charge >= 0.3 is 5.97 Å². The predicted octanol–water partition coefficient (Wildman–Crippen LogP) is 4.27. The number of hydrogen-bond acceptors (Lipinski definition) is 4. The van der Waals surface area contributed by atoms with Crippen molar-refractivity contribution in [3.05, 3.63) is 63.9 Å². The molecule has 2 aromatic rings. The zero-order valence-electron chi connectivity index (χ0n) is 13.8. The van der Waals surface area contributed by atoms with Gasteiger partial charge in [-0.15, -0.1) is 0 Å². The first kappa shape index (κ1) is 18.4. The van der Waals surface area contributed by atoms with Gasteiger partial charge in [-0.05, 0) is 42.3 Å². The minimum Gasteiger partial charge on any atom is -0.456 e. The van der Waals surface area contributed by atoms with E-state index >= 15 is 0 Å². The van der Waals surface area contributed by atoms with Gasteiger partial charge in [0.25, 0.3) is 0 Å². The molecule has 3 rings (SSSR count). The third-order valence-corrected chi connectivity index (χ3v) is 4.48. The lowest BCUT2D eigenvalue weighted by atomic mass is 10.2. The largest absolute Gasteiger partial charge is 0.456 e. The number of aromatic nitrogens is 1. The molecule has 0 radical (unpaired) electrons. The van der Waals surface area contributed by atoms with Crippen molar-refractivity contribution in [1.82, 2.24) is 4.98 Å². The number of nitrogens with zero attached hydrogens (tertiary/aromatic N) is 2. The Morgan fingerprint density at radius 3 is 2.65 bits per heavy atom. The molecule has 1 aliphatic heterocycles. The molecular weight excluding hydrogens is 375 g/mol. The van der Waals surface area contributed by atoms with Crippen LogP contribution in [0.15, 0.2) is 42.5 Å². The van der Waals surface area contributed by atoms with Crippen molar-refractivity contribution in [2.24, 2.45) is 0 Å². The zero-order valence-corrected chi connectivity index (χ0v) is 15.3. The second-order valence-corrected chi connectivity index (χ2v) is 6.54. The summed E-state index contributed by atoms with van der Waals surface area (Å²) in [7, 11) is 0. The van der Waals surface area contributed by atoms with Gasteiger partial charge in [-0.25, -0.2) is 9.78 Å². The van der Waals surface area contributed by atoms with E-state index in [-0.39, 0.29) is 17.7 Å². The molecule has 7 heteroatoms. The van der Waals surface area contributed by atoms with Crippen molar-refractivity contribution < 1.29 is 14.3 Å². The lowest BCUT2D eigenvalue weighted by molar-refractivity contribution is -0.139. The predicted molar refractivity (Wildman–Crippen MR) is 101 cm³/mol. The van der Waals surface area contributed by atoms with Gasteiger partial charge < -0.3 is 9.64 Å². The highest BCUT2D eigenvalue weighted by Crippen LogP contribution is 2.22. The van der Waals surface area contributed by atoms with Crippen LogP contribution in [0.4, 0.5) is 5.69 Å². The molecule has 0 saturated carbocycles. The molecule has 0 spiro atoms. The molecule has 1 aliphatic rings. The van der Waals surface area contributed by atoms with E-state index in [9.17, 15) is 9.59 Å². The number of carbonyl (C=O) groups excluding carboxylic acids is 2. The average molecular weight is 391 g/mol. The van der Waals surface area contributed by atoms with Crippen LogP contribution in [0.5, 0.6) is 0 Å². The minimum absolute atomic E-state index is 0.0570. The van der Waals surface area contributed by atoms with Crippen molar-refractivity contribution in [3.8, 4) is 0 Å². The van der Waals surface area contributed by atoms with Crippen LogP contribution in [0.1, 0.15) is 24.1 Å². The van der Waals surface area contributed by atoms with Gasteiger partial charge in [-0.2, -0.15) is 0 Å². The monoisotopic (exact) mass is 390 g/mol. The van der Waals surface area contributed by atoms with Gasteiger partial charge in [-0.1, -0.05) is 35.3 Å². The number of ether oxygens (including phenoxy) is 1. The summed E-state index contributed by atoms with van der Waals surface area (Å²) in [6, 6.07) is 10.6. The third kappa shape index (κ3) is 4.62. The van der Waals surface area contributed by atoms with Crippen LogP contribution >= 0.6 is 23.2 Å². The molecule has 1 aromatic heterocycles. The first-order valence-electron chi connectivity index (χ1n) is 8.09. The van der Waals surface area contributed by atoms with Crippen LogP contribution in [0.25, 0.3) is 6.08 Å². The Morgan fingerprint density at radius 2 is 1.96 bits per heavy atom. The molecular formula is C19H16Cl2N2O3. The number of halogens is 2. The van der Waals surface area contributed by atoms with E-state index in [2.05, 4.69) is 4.98 Å². The molecule has 1 saturated heterocycles. The Bertz CT molecular complexity index is 850. The number of benzene rings is 1. The average Bonchev–Trinajstić information content (AvgIpc) is 3.07. The van der Waals surface area contributed by atoms with Crippen LogP contribution in [-0.4, -0.2) is 23.4 Å². The topological polar surface area (TPSA) is 59.5 Å². The Labute approximate surface area is 161 Å². The summed E-state index contributed by atoms with van der Waals surface area (Å²) in [6.45, 7) is 0.693. The Morgan fingerprint density at radius 1 is 1.19 bits per heavy atom. The number of rotatable bonds is 5. The minimum atomic E-state index is -0.512. The molecule has 0 bridgehead atoms. The van der Waals surface area contributed by atoms with Gasteiger partial charge in [-0.3, -0.25) is 4.79 Å². The molecule has 0 unspecified atom stereocenters. The smallest absolute Gasteiger partial charge is 0.331 e. The molecule has 1 fully saturated rings. The van der Waals surface area contributed by atoms with Gasteiger partial charge in [0.15, 0.2) is 0 Å². The molecule has 2 heterocycles. The Balaban J connectivity index is 1.56. The zero-order chi connectivity index (χ0) is 18.5. The summed E-state index contributed by atoms with van der Waals surface area (Å²) in [5.74, 6) is -0.369. The number of esters is 1. The van der Waals surface area contributed by atoms with Crippen LogP contribution in [0.3, 0.4) is 0 Å². The van der Waals surface area contributed by atoms with E-state index in [1.165, 1.54) is 6.08 Å². The second kappa shape index (κ2) is 8.34. The highest BCUT2D eigenvalue weighted by atomic mass is 35.5. The third-order valence-electron chi connectivity index (χ3n) is 3.93. The maximum atomic E-state index is 11.8. The normalized spacial score (nSPS) is 14.2. The fourth-order valence-electron chi connectivity index (χ4n) is 2.60. The molecule has 1 amide bonds. The summed E-state index contributed by atoms with van der Waals surface area (Å²) in [6.07, 6.45) is 4.45. The molecule has 5 nitrogen and oxygen atoms in total. The van der Waals surface area contributed by atoms with E-state index < -0.39 is 5.97 Å². The number of pyridine rings is 1. The van der Waals surface area contributed by atoms with Crippen molar-refractivity contribution in [2.45, 2.75) is 19.4 Å². The van der Waals surface area contributed by atoms with Crippen molar-refractivity contribution in [3.63, 3.8) is 0 Å². The van der Waals surface area contributed by atoms with E-state index in [1.807, 2.05) is 24.3 Å². The van der Waals surface area contributed by atoms with Crippen molar-refractivity contribution >= 4 is 46.8 Å². The van der Waals surface area contributed by atoms with Crippen LogP contribution in [0, 0.1) is 0 Å². The number of amides is 1. The first-order chi connectivity index (χ1) is 12.5. The first-order valence-corrected chi connectivity index (χ1v) is 8.85. The van der Waals surface area contributed by atoms with E-state index in [0.29, 0.717) is 17.1 Å².